The second-order valence-corrected chi connectivity index (χ2v) is 8.00. The molecule has 3 aliphatic rings. The summed E-state index contributed by atoms with van der Waals surface area (Å²) < 4.78 is 49.2. The van der Waals surface area contributed by atoms with Gasteiger partial charge in [0.15, 0.2) is 23.7 Å². The molecule has 0 radical (unpaired) electrons. The first-order chi connectivity index (χ1) is 13.7. The summed E-state index contributed by atoms with van der Waals surface area (Å²) in [6.07, 6.45) is 2.21. The fourth-order valence-corrected chi connectivity index (χ4v) is 4.94. The highest BCUT2D eigenvalue weighted by molar-refractivity contribution is 5.48. The standard InChI is InChI=1S/C21H26NO2.ClHO4/c1-5-23-21(24-6-2)15(4)20-18-14(3)10-9-11-16(18)19(21)17-12-7-8-13-22(17)20;2-1(3,4)5/h7-13,15,19-20H,5-6H2,1-4H3;(H,2,3,4,5)/q+1;/p-1. The van der Waals surface area contributed by atoms with Crippen LogP contribution in [0.4, 0.5) is 0 Å². The normalized spacial score (nSPS) is 23.7. The number of pyridine rings is 1. The van der Waals surface area contributed by atoms with E-state index >= 15 is 0 Å². The molecule has 0 spiro atoms. The van der Waals surface area contributed by atoms with Crippen LogP contribution in [0.1, 0.15) is 55.1 Å². The van der Waals surface area contributed by atoms with Crippen molar-refractivity contribution in [1.29, 1.82) is 0 Å². The fourth-order valence-electron chi connectivity index (χ4n) is 4.94. The minimum atomic E-state index is -4.94. The number of hydrogen-bond acceptors (Lipinski definition) is 6. The van der Waals surface area contributed by atoms with Gasteiger partial charge in [0.25, 0.3) is 0 Å². The van der Waals surface area contributed by atoms with E-state index in [9.17, 15) is 0 Å². The van der Waals surface area contributed by atoms with Gasteiger partial charge in [-0.2, -0.15) is 4.57 Å². The van der Waals surface area contributed by atoms with Crippen molar-refractivity contribution in [3.8, 4) is 0 Å². The van der Waals surface area contributed by atoms with Crippen molar-refractivity contribution in [3.05, 3.63) is 65.0 Å². The first kappa shape index (κ1) is 22.1. The van der Waals surface area contributed by atoms with Gasteiger partial charge in [-0.15, -0.1) is 10.2 Å². The fraction of sp³-hybridized carbons (Fsp3) is 0.476. The van der Waals surface area contributed by atoms with E-state index in [0.29, 0.717) is 13.2 Å². The molecule has 1 aromatic heterocycles. The molecule has 2 bridgehead atoms. The lowest BCUT2D eigenvalue weighted by molar-refractivity contribution is -2.00. The van der Waals surface area contributed by atoms with Gasteiger partial charge in [0.05, 0.1) is 5.92 Å². The number of nitrogens with zero attached hydrogens (tertiary/aromatic N) is 1. The molecular weight excluding hydrogens is 398 g/mol. The van der Waals surface area contributed by atoms with E-state index in [1.165, 1.54) is 22.4 Å². The van der Waals surface area contributed by atoms with Crippen LogP contribution >= 0.6 is 0 Å². The molecule has 2 aromatic rings. The summed E-state index contributed by atoms with van der Waals surface area (Å²) in [6, 6.07) is 13.4. The molecule has 3 heterocycles. The molecular formula is C21H26ClNO6. The van der Waals surface area contributed by atoms with Crippen LogP contribution in [0.3, 0.4) is 0 Å². The molecule has 158 valence electrons. The van der Waals surface area contributed by atoms with Crippen LogP contribution in [0.2, 0.25) is 0 Å². The van der Waals surface area contributed by atoms with Crippen LogP contribution in [-0.4, -0.2) is 19.0 Å². The smallest absolute Gasteiger partial charge is 0.194 e. The zero-order valence-corrected chi connectivity index (χ0v) is 17.7. The molecule has 0 saturated carbocycles. The second-order valence-electron chi connectivity index (χ2n) is 7.24. The quantitative estimate of drug-likeness (QED) is 0.459. The highest BCUT2D eigenvalue weighted by atomic mass is 35.7. The first-order valence-corrected chi connectivity index (χ1v) is 10.9. The third kappa shape index (κ3) is 3.92. The number of halogens is 1. The maximum atomic E-state index is 8.49. The van der Waals surface area contributed by atoms with Crippen molar-refractivity contribution in [1.82, 2.24) is 0 Å². The van der Waals surface area contributed by atoms with Crippen LogP contribution < -0.4 is 23.2 Å². The molecule has 0 N–H and O–H groups in total. The molecule has 0 amide bonds. The number of ether oxygens (including phenoxy) is 2. The van der Waals surface area contributed by atoms with Crippen LogP contribution in [0.15, 0.2) is 42.6 Å². The number of hydrogen-bond donors (Lipinski definition) is 0. The minimum absolute atomic E-state index is 0.105. The maximum absolute atomic E-state index is 8.49. The second kappa shape index (κ2) is 8.28. The Kier molecular flexibility index (Phi) is 6.31. The van der Waals surface area contributed by atoms with Crippen molar-refractivity contribution in [2.24, 2.45) is 5.92 Å². The lowest BCUT2D eigenvalue weighted by atomic mass is 9.64. The van der Waals surface area contributed by atoms with Gasteiger partial charge in [-0.1, -0.05) is 31.2 Å². The Hall–Kier alpha value is -1.58. The summed E-state index contributed by atoms with van der Waals surface area (Å²) in [5.41, 5.74) is 5.47. The van der Waals surface area contributed by atoms with E-state index in [-0.39, 0.29) is 17.9 Å². The summed E-state index contributed by atoms with van der Waals surface area (Å²) >= 11 is 0. The largest absolute Gasteiger partial charge is 0.348 e. The number of aryl methyl sites for hydroxylation is 1. The maximum Gasteiger partial charge on any atom is 0.194 e. The molecule has 29 heavy (non-hydrogen) atoms. The molecule has 3 atom stereocenters. The lowest BCUT2D eigenvalue weighted by Crippen LogP contribution is -2.68. The van der Waals surface area contributed by atoms with Gasteiger partial charge in [0.1, 0.15) is 5.92 Å². The molecule has 0 saturated heterocycles. The lowest BCUT2D eigenvalue weighted by Gasteiger charge is -2.52. The zero-order valence-electron chi connectivity index (χ0n) is 17.0. The predicted molar refractivity (Wildman–Crippen MR) is 92.9 cm³/mol. The number of aromatic nitrogens is 1. The third-order valence-electron chi connectivity index (χ3n) is 5.73. The van der Waals surface area contributed by atoms with E-state index in [2.05, 4.69) is 74.9 Å². The highest BCUT2D eigenvalue weighted by Crippen LogP contribution is 2.56. The SMILES string of the molecule is CCOC1(OCC)C2c3cccc(C)c3C(C1C)[n+]1ccccc12.[O-][Cl+3]([O-])([O-])[O-]. The Balaban J connectivity index is 0.000000431. The van der Waals surface area contributed by atoms with E-state index in [0.717, 1.165) is 0 Å². The van der Waals surface area contributed by atoms with Crippen LogP contribution in [0.5, 0.6) is 0 Å². The Morgan fingerprint density at radius 1 is 1.00 bits per heavy atom. The van der Waals surface area contributed by atoms with Crippen LogP contribution in [-0.2, 0) is 9.47 Å². The summed E-state index contributed by atoms with van der Waals surface area (Å²) in [7, 11) is -4.94. The van der Waals surface area contributed by atoms with Gasteiger partial charge >= 0.3 is 0 Å². The number of benzene rings is 1. The van der Waals surface area contributed by atoms with Crippen molar-refractivity contribution < 1.29 is 42.9 Å². The van der Waals surface area contributed by atoms with Gasteiger partial charge in [-0.25, -0.2) is 18.6 Å². The molecule has 2 aliphatic heterocycles. The summed E-state index contributed by atoms with van der Waals surface area (Å²) in [4.78, 5) is 0. The number of fused-ring (bicyclic) bond motifs is 1. The Labute approximate surface area is 172 Å². The van der Waals surface area contributed by atoms with E-state index < -0.39 is 16.0 Å². The Morgan fingerprint density at radius 3 is 2.21 bits per heavy atom. The predicted octanol–water partition coefficient (Wildman–Crippen LogP) is -1.02. The minimum Gasteiger partial charge on any atom is -0.348 e. The summed E-state index contributed by atoms with van der Waals surface area (Å²) in [6.45, 7) is 9.93. The topological polar surface area (TPSA) is 115 Å². The molecule has 3 unspecified atom stereocenters. The molecule has 7 nitrogen and oxygen atoms in total. The van der Waals surface area contributed by atoms with Crippen molar-refractivity contribution in [2.45, 2.75) is 45.4 Å². The van der Waals surface area contributed by atoms with Crippen LogP contribution in [0.25, 0.3) is 0 Å². The monoisotopic (exact) mass is 423 g/mol. The first-order valence-electron chi connectivity index (χ1n) is 9.64. The van der Waals surface area contributed by atoms with E-state index in [1.807, 2.05) is 0 Å². The molecule has 8 heteroatoms. The van der Waals surface area contributed by atoms with E-state index in [1.54, 1.807) is 0 Å². The van der Waals surface area contributed by atoms with Gasteiger partial charge in [0.2, 0.25) is 0 Å². The third-order valence-corrected chi connectivity index (χ3v) is 5.73. The molecule has 0 fully saturated rings. The summed E-state index contributed by atoms with van der Waals surface area (Å²) in [5, 5.41) is 0. The van der Waals surface area contributed by atoms with Gasteiger partial charge in [-0.05, 0) is 31.9 Å². The Bertz CT molecular complexity index is 856. The zero-order chi connectivity index (χ0) is 21.4. The highest BCUT2D eigenvalue weighted by Gasteiger charge is 2.64. The van der Waals surface area contributed by atoms with Crippen molar-refractivity contribution in [2.75, 3.05) is 13.2 Å². The van der Waals surface area contributed by atoms with Gasteiger partial charge < -0.3 is 9.47 Å². The van der Waals surface area contributed by atoms with E-state index in [4.69, 9.17) is 28.1 Å². The molecule has 5 rings (SSSR count). The van der Waals surface area contributed by atoms with Crippen LogP contribution in [0, 0.1) is 23.1 Å². The Morgan fingerprint density at radius 2 is 1.62 bits per heavy atom. The van der Waals surface area contributed by atoms with Gasteiger partial charge in [-0.3, -0.25) is 0 Å². The molecule has 1 aromatic carbocycles. The van der Waals surface area contributed by atoms with Gasteiger partial charge in [0, 0.05) is 30.9 Å². The van der Waals surface area contributed by atoms with Crippen molar-refractivity contribution in [3.63, 3.8) is 0 Å². The molecule has 1 aliphatic carbocycles. The average Bonchev–Trinajstić information content (AvgIpc) is 2.64. The van der Waals surface area contributed by atoms with Crippen molar-refractivity contribution >= 4 is 0 Å². The number of rotatable bonds is 4. The summed E-state index contributed by atoms with van der Waals surface area (Å²) in [5.74, 6) is -0.236. The average molecular weight is 424 g/mol.